The predicted molar refractivity (Wildman–Crippen MR) is 84.7 cm³/mol. The zero-order valence-electron chi connectivity index (χ0n) is 13.4. The van der Waals surface area contributed by atoms with Crippen LogP contribution in [0.15, 0.2) is 18.3 Å². The Morgan fingerprint density at radius 2 is 2.10 bits per heavy atom. The van der Waals surface area contributed by atoms with Gasteiger partial charge in [0.15, 0.2) is 0 Å². The average Bonchev–Trinajstić information content (AvgIpc) is 2.46. The van der Waals surface area contributed by atoms with Crippen LogP contribution in [0.2, 0.25) is 0 Å². The van der Waals surface area contributed by atoms with Crippen LogP contribution < -0.4 is 5.32 Å². The van der Waals surface area contributed by atoms with Crippen molar-refractivity contribution in [3.8, 4) is 6.07 Å². The SMILES string of the molecule is CC(C)(C)NCC1CCN(Cc2cccnc2C#N)CC1. The summed E-state index contributed by atoms with van der Waals surface area (Å²) in [7, 11) is 0. The number of pyridine rings is 1. The molecule has 1 aliphatic heterocycles. The molecule has 0 amide bonds. The molecule has 114 valence electrons. The van der Waals surface area contributed by atoms with Crippen molar-refractivity contribution in [1.29, 1.82) is 5.26 Å². The summed E-state index contributed by atoms with van der Waals surface area (Å²) in [6, 6.07) is 6.11. The van der Waals surface area contributed by atoms with Gasteiger partial charge in [0.25, 0.3) is 0 Å². The van der Waals surface area contributed by atoms with Gasteiger partial charge in [-0.25, -0.2) is 4.98 Å². The molecule has 4 nitrogen and oxygen atoms in total. The minimum absolute atomic E-state index is 0.203. The summed E-state index contributed by atoms with van der Waals surface area (Å²) in [6.07, 6.45) is 4.14. The van der Waals surface area contributed by atoms with Gasteiger partial charge in [-0.1, -0.05) is 6.07 Å². The number of likely N-dealkylation sites (tertiary alicyclic amines) is 1. The molecule has 1 saturated heterocycles. The molecule has 1 N–H and O–H groups in total. The van der Waals surface area contributed by atoms with Gasteiger partial charge < -0.3 is 5.32 Å². The summed E-state index contributed by atoms with van der Waals surface area (Å²) in [5.41, 5.74) is 1.81. The van der Waals surface area contributed by atoms with Gasteiger partial charge in [-0.2, -0.15) is 5.26 Å². The normalized spacial score (nSPS) is 17.6. The van der Waals surface area contributed by atoms with Crippen molar-refractivity contribution >= 4 is 0 Å². The second kappa shape index (κ2) is 7.02. The van der Waals surface area contributed by atoms with Crippen LogP contribution in [0.1, 0.15) is 44.9 Å². The van der Waals surface area contributed by atoms with E-state index < -0.39 is 0 Å². The van der Waals surface area contributed by atoms with Crippen molar-refractivity contribution in [3.63, 3.8) is 0 Å². The van der Waals surface area contributed by atoms with Crippen molar-refractivity contribution < 1.29 is 0 Å². The van der Waals surface area contributed by atoms with Crippen LogP contribution in [-0.2, 0) is 6.54 Å². The minimum atomic E-state index is 0.203. The molecule has 2 heterocycles. The van der Waals surface area contributed by atoms with Crippen molar-refractivity contribution in [1.82, 2.24) is 15.2 Å². The van der Waals surface area contributed by atoms with Crippen molar-refractivity contribution in [2.45, 2.75) is 45.7 Å². The lowest BCUT2D eigenvalue weighted by Gasteiger charge is -2.33. The molecule has 0 aromatic carbocycles. The maximum absolute atomic E-state index is 9.10. The zero-order valence-corrected chi connectivity index (χ0v) is 13.4. The summed E-state index contributed by atoms with van der Waals surface area (Å²) in [6.45, 7) is 10.8. The van der Waals surface area contributed by atoms with Gasteiger partial charge in [-0.3, -0.25) is 4.90 Å². The van der Waals surface area contributed by atoms with E-state index in [-0.39, 0.29) is 5.54 Å². The van der Waals surface area contributed by atoms with E-state index in [9.17, 15) is 0 Å². The topological polar surface area (TPSA) is 52.0 Å². The number of aromatic nitrogens is 1. The van der Waals surface area contributed by atoms with Crippen LogP contribution in [0.5, 0.6) is 0 Å². The predicted octanol–water partition coefficient (Wildman–Crippen LogP) is 2.55. The number of nitrogens with zero attached hydrogens (tertiary/aromatic N) is 3. The Balaban J connectivity index is 1.81. The molecule has 0 atom stereocenters. The maximum Gasteiger partial charge on any atom is 0.144 e. The summed E-state index contributed by atoms with van der Waals surface area (Å²) >= 11 is 0. The molecule has 4 heteroatoms. The van der Waals surface area contributed by atoms with Gasteiger partial charge in [0, 0.05) is 23.8 Å². The van der Waals surface area contributed by atoms with E-state index in [2.05, 4.69) is 42.0 Å². The molecule has 21 heavy (non-hydrogen) atoms. The Morgan fingerprint density at radius 3 is 2.71 bits per heavy atom. The van der Waals surface area contributed by atoms with Gasteiger partial charge in [-0.05, 0) is 65.2 Å². The highest BCUT2D eigenvalue weighted by molar-refractivity contribution is 5.30. The molecule has 1 aromatic rings. The fraction of sp³-hybridized carbons (Fsp3) is 0.647. The fourth-order valence-corrected chi connectivity index (χ4v) is 2.71. The van der Waals surface area contributed by atoms with E-state index in [1.165, 1.54) is 12.8 Å². The molecule has 0 bridgehead atoms. The molecule has 2 rings (SSSR count). The lowest BCUT2D eigenvalue weighted by atomic mass is 9.95. The van der Waals surface area contributed by atoms with Gasteiger partial charge >= 0.3 is 0 Å². The molecule has 1 fully saturated rings. The third-order valence-electron chi connectivity index (χ3n) is 4.02. The summed E-state index contributed by atoms with van der Waals surface area (Å²) < 4.78 is 0. The molecule has 0 saturated carbocycles. The first-order chi connectivity index (χ1) is 9.98. The van der Waals surface area contributed by atoms with E-state index in [1.807, 2.05) is 12.1 Å². The number of rotatable bonds is 4. The molecular formula is C17H26N4. The number of hydrogen-bond acceptors (Lipinski definition) is 4. The second-order valence-corrected chi connectivity index (χ2v) is 6.97. The van der Waals surface area contributed by atoms with E-state index in [0.717, 1.165) is 37.7 Å². The highest BCUT2D eigenvalue weighted by atomic mass is 15.1. The third-order valence-corrected chi connectivity index (χ3v) is 4.02. The highest BCUT2D eigenvalue weighted by Crippen LogP contribution is 2.19. The molecule has 1 aliphatic rings. The molecule has 1 aromatic heterocycles. The number of nitrogens with one attached hydrogen (secondary N) is 1. The fourth-order valence-electron chi connectivity index (χ4n) is 2.71. The smallest absolute Gasteiger partial charge is 0.144 e. The average molecular weight is 286 g/mol. The van der Waals surface area contributed by atoms with Crippen LogP contribution in [0.25, 0.3) is 0 Å². The molecular weight excluding hydrogens is 260 g/mol. The second-order valence-electron chi connectivity index (χ2n) is 6.97. The van der Waals surface area contributed by atoms with E-state index >= 15 is 0 Å². The first kappa shape index (κ1) is 15.9. The van der Waals surface area contributed by atoms with Gasteiger partial charge in [0.05, 0.1) is 0 Å². The van der Waals surface area contributed by atoms with Crippen molar-refractivity contribution in [2.24, 2.45) is 5.92 Å². The summed E-state index contributed by atoms with van der Waals surface area (Å²) in [5.74, 6) is 0.768. The van der Waals surface area contributed by atoms with E-state index in [4.69, 9.17) is 5.26 Å². The molecule has 0 spiro atoms. The van der Waals surface area contributed by atoms with E-state index in [0.29, 0.717) is 5.69 Å². The standard InChI is InChI=1S/C17H26N4/c1-17(2,3)20-12-14-6-9-21(10-7-14)13-15-5-4-8-19-16(15)11-18/h4-5,8,14,20H,6-7,9-10,12-13H2,1-3H3. The highest BCUT2D eigenvalue weighted by Gasteiger charge is 2.21. The first-order valence-corrected chi connectivity index (χ1v) is 7.79. The first-order valence-electron chi connectivity index (χ1n) is 7.79. The number of nitriles is 1. The zero-order chi connectivity index (χ0) is 15.3. The van der Waals surface area contributed by atoms with Crippen LogP contribution in [0, 0.1) is 17.2 Å². The summed E-state index contributed by atoms with van der Waals surface area (Å²) in [5, 5.41) is 12.7. The number of piperidine rings is 1. The quantitative estimate of drug-likeness (QED) is 0.924. The largest absolute Gasteiger partial charge is 0.312 e. The Morgan fingerprint density at radius 1 is 1.38 bits per heavy atom. The lowest BCUT2D eigenvalue weighted by Crippen LogP contribution is -2.42. The molecule has 0 radical (unpaired) electrons. The van der Waals surface area contributed by atoms with Gasteiger partial charge in [0.2, 0.25) is 0 Å². The van der Waals surface area contributed by atoms with Crippen LogP contribution in [0.4, 0.5) is 0 Å². The minimum Gasteiger partial charge on any atom is -0.312 e. The third kappa shape index (κ3) is 5.11. The lowest BCUT2D eigenvalue weighted by molar-refractivity contribution is 0.170. The maximum atomic E-state index is 9.10. The van der Waals surface area contributed by atoms with Gasteiger partial charge in [-0.15, -0.1) is 0 Å². The van der Waals surface area contributed by atoms with Crippen molar-refractivity contribution in [2.75, 3.05) is 19.6 Å². The summed E-state index contributed by atoms with van der Waals surface area (Å²) in [4.78, 5) is 6.57. The van der Waals surface area contributed by atoms with Crippen LogP contribution >= 0.6 is 0 Å². The Kier molecular flexibility index (Phi) is 5.33. The molecule has 0 unspecified atom stereocenters. The van der Waals surface area contributed by atoms with Gasteiger partial charge in [0.1, 0.15) is 11.8 Å². The monoisotopic (exact) mass is 286 g/mol. The van der Waals surface area contributed by atoms with Crippen LogP contribution in [0.3, 0.4) is 0 Å². The van der Waals surface area contributed by atoms with E-state index in [1.54, 1.807) is 6.20 Å². The Hall–Kier alpha value is -1.44. The number of hydrogen-bond donors (Lipinski definition) is 1. The molecule has 0 aliphatic carbocycles. The van der Waals surface area contributed by atoms with Crippen LogP contribution in [-0.4, -0.2) is 35.1 Å². The Bertz CT molecular complexity index is 490. The van der Waals surface area contributed by atoms with Crippen molar-refractivity contribution in [3.05, 3.63) is 29.6 Å². The Labute approximate surface area is 128 Å².